The normalized spacial score (nSPS) is 16.8. The maximum atomic E-state index is 16.2. The van der Waals surface area contributed by atoms with Crippen LogP contribution in [0, 0.1) is 0 Å². The van der Waals surface area contributed by atoms with E-state index in [0.717, 1.165) is 17.8 Å². The number of hydrogen-bond acceptors (Lipinski definition) is 12. The fraction of sp³-hybridized carbons (Fsp3) is 0.520. The number of nitrogens with one attached hydrogen (secondary N) is 1. The highest BCUT2D eigenvalue weighted by Crippen LogP contribution is 2.46. The Morgan fingerprint density at radius 2 is 1.90 bits per heavy atom. The number of hydrogen-bond donors (Lipinski definition) is 3. The van der Waals surface area contributed by atoms with E-state index in [1.165, 1.54) is 19.1 Å². The number of aromatic nitrogens is 4. The molecule has 0 saturated heterocycles. The fourth-order valence-electron chi connectivity index (χ4n) is 3.50. The Hall–Kier alpha value is -3.43. The van der Waals surface area contributed by atoms with Crippen LogP contribution in [0.1, 0.15) is 40.8 Å². The fourth-order valence-corrected chi connectivity index (χ4v) is 5.01. The summed E-state index contributed by atoms with van der Waals surface area (Å²) < 4.78 is 72.0. The Balaban J connectivity index is 1.89. The molecule has 17 heteroatoms. The lowest BCUT2D eigenvalue weighted by Crippen LogP contribution is -2.46. The Labute approximate surface area is 241 Å². The minimum absolute atomic E-state index is 0.0249. The van der Waals surface area contributed by atoms with Gasteiger partial charge in [0.05, 0.1) is 19.0 Å². The van der Waals surface area contributed by atoms with Gasteiger partial charge in [-0.2, -0.15) is 15.1 Å². The average Bonchev–Trinajstić information content (AvgIpc) is 3.34. The SMILES string of the molecule is CCOc1nc(N)nc2c1ncn2C(CF)O[C@](F)(COP(=O)(NC(C)C(=O)OC(C)C)Oc1ccccc1)[C@H](C)O. The maximum absolute atomic E-state index is 16.2. The van der Waals surface area contributed by atoms with Gasteiger partial charge in [0.1, 0.15) is 31.2 Å². The number of nitrogens with zero attached hydrogens (tertiary/aromatic N) is 4. The summed E-state index contributed by atoms with van der Waals surface area (Å²) in [6.07, 6.45) is -3.04. The van der Waals surface area contributed by atoms with Crippen LogP contribution in [0.4, 0.5) is 14.7 Å². The highest BCUT2D eigenvalue weighted by Gasteiger charge is 2.44. The highest BCUT2D eigenvalue weighted by atomic mass is 31.2. The Morgan fingerprint density at radius 1 is 1.21 bits per heavy atom. The molecule has 0 amide bonds. The number of nitrogen functional groups attached to an aromatic ring is 1. The lowest BCUT2D eigenvalue weighted by atomic mass is 10.2. The average molecular weight is 617 g/mol. The summed E-state index contributed by atoms with van der Waals surface area (Å²) in [4.78, 5) is 24.5. The highest BCUT2D eigenvalue weighted by molar-refractivity contribution is 7.52. The zero-order chi connectivity index (χ0) is 31.1. The number of benzene rings is 1. The van der Waals surface area contributed by atoms with E-state index < -0.39 is 57.3 Å². The molecule has 14 nitrogen and oxygen atoms in total. The number of carbonyl (C=O) groups is 1. The Bertz CT molecular complexity index is 1380. The van der Waals surface area contributed by atoms with Gasteiger partial charge in [-0.1, -0.05) is 18.2 Å². The number of imidazole rings is 1. The second-order valence-electron chi connectivity index (χ2n) is 9.34. The van der Waals surface area contributed by atoms with E-state index in [0.29, 0.717) is 0 Å². The number of para-hydroxylation sites is 1. The largest absolute Gasteiger partial charge is 0.476 e. The molecule has 42 heavy (non-hydrogen) atoms. The number of ether oxygens (including phenoxy) is 3. The van der Waals surface area contributed by atoms with Gasteiger partial charge in [0.2, 0.25) is 11.8 Å². The lowest BCUT2D eigenvalue weighted by Gasteiger charge is -2.33. The van der Waals surface area contributed by atoms with Crippen LogP contribution in [0.2, 0.25) is 0 Å². The second-order valence-corrected chi connectivity index (χ2v) is 11.0. The van der Waals surface area contributed by atoms with Crippen molar-refractivity contribution < 1.29 is 46.5 Å². The molecule has 0 radical (unpaired) electrons. The molecule has 4 N–H and O–H groups in total. The van der Waals surface area contributed by atoms with Crippen LogP contribution in [0.25, 0.3) is 11.2 Å². The molecule has 2 aromatic heterocycles. The van der Waals surface area contributed by atoms with E-state index in [2.05, 4.69) is 20.0 Å². The monoisotopic (exact) mass is 616 g/mol. The van der Waals surface area contributed by atoms with Crippen LogP contribution in [-0.2, 0) is 23.4 Å². The molecule has 0 bridgehead atoms. The minimum Gasteiger partial charge on any atom is -0.476 e. The number of alkyl halides is 2. The topological polar surface area (TPSA) is 182 Å². The van der Waals surface area contributed by atoms with Gasteiger partial charge >= 0.3 is 13.7 Å². The molecule has 0 aliphatic carbocycles. The van der Waals surface area contributed by atoms with E-state index in [4.69, 9.17) is 29.0 Å². The molecule has 3 unspecified atom stereocenters. The zero-order valence-electron chi connectivity index (χ0n) is 23.8. The smallest absolute Gasteiger partial charge is 0.459 e. The van der Waals surface area contributed by atoms with Crippen molar-refractivity contribution in [2.75, 3.05) is 25.6 Å². The predicted molar refractivity (Wildman–Crippen MR) is 147 cm³/mol. The van der Waals surface area contributed by atoms with Gasteiger partial charge in [-0.25, -0.2) is 18.3 Å². The van der Waals surface area contributed by atoms with E-state index in [9.17, 15) is 18.9 Å². The summed E-state index contributed by atoms with van der Waals surface area (Å²) in [5.74, 6) is -4.06. The molecule has 3 aromatic rings. The third-order valence-electron chi connectivity index (χ3n) is 5.54. The van der Waals surface area contributed by atoms with Crippen LogP contribution in [0.15, 0.2) is 36.7 Å². The van der Waals surface area contributed by atoms with E-state index in [1.807, 2.05) is 0 Å². The first-order chi connectivity index (χ1) is 19.8. The number of rotatable bonds is 16. The molecule has 232 valence electrons. The van der Waals surface area contributed by atoms with Crippen molar-refractivity contribution in [3.63, 3.8) is 0 Å². The molecule has 0 aliphatic heterocycles. The zero-order valence-corrected chi connectivity index (χ0v) is 24.7. The van der Waals surface area contributed by atoms with Crippen molar-refractivity contribution in [1.29, 1.82) is 0 Å². The molecular formula is C25H35F2N6O8P. The van der Waals surface area contributed by atoms with E-state index >= 15 is 4.39 Å². The predicted octanol–water partition coefficient (Wildman–Crippen LogP) is 3.47. The number of aliphatic hydroxyl groups is 1. The van der Waals surface area contributed by atoms with Gasteiger partial charge in [-0.05, 0) is 46.8 Å². The van der Waals surface area contributed by atoms with Gasteiger partial charge in [0.25, 0.3) is 5.85 Å². The first-order valence-corrected chi connectivity index (χ1v) is 14.6. The van der Waals surface area contributed by atoms with E-state index in [-0.39, 0.29) is 35.3 Å². The van der Waals surface area contributed by atoms with Crippen molar-refractivity contribution in [1.82, 2.24) is 24.6 Å². The summed E-state index contributed by atoms with van der Waals surface area (Å²) in [5, 5.41) is 12.7. The molecular weight excluding hydrogens is 581 g/mol. The maximum Gasteiger partial charge on any atom is 0.459 e. The summed E-state index contributed by atoms with van der Waals surface area (Å²) in [6, 6.07) is 6.54. The molecule has 3 rings (SSSR count). The summed E-state index contributed by atoms with van der Waals surface area (Å²) in [6.45, 7) is 5.01. The number of anilines is 1. The molecule has 2 heterocycles. The molecule has 5 atom stereocenters. The minimum atomic E-state index is -4.55. The Kier molecular flexibility index (Phi) is 11.2. The third kappa shape index (κ3) is 8.32. The standard InChI is InChI=1S/C25H35F2N6O8P/c1-6-37-22-20-21(30-24(28)31-22)33(14-29-20)19(12-26)40-25(27,17(5)34)13-38-42(36,41-18-10-8-7-9-11-18)32-16(4)23(35)39-15(2)3/h7-11,14-17,19,34H,6,12-13H2,1-5H3,(H,32,36)(H2,28,30,31)/t16?,17-,19?,25+,42?/m0/s1. The summed E-state index contributed by atoms with van der Waals surface area (Å²) >= 11 is 0. The lowest BCUT2D eigenvalue weighted by molar-refractivity contribution is -0.259. The van der Waals surface area contributed by atoms with Crippen molar-refractivity contribution in [2.24, 2.45) is 0 Å². The number of halogens is 2. The molecule has 0 aliphatic rings. The molecule has 0 saturated carbocycles. The van der Waals surface area contributed by atoms with Gasteiger partial charge in [-0.3, -0.25) is 13.9 Å². The van der Waals surface area contributed by atoms with Crippen molar-refractivity contribution in [3.05, 3.63) is 36.7 Å². The number of fused-ring (bicyclic) bond motifs is 1. The molecule has 0 fully saturated rings. The van der Waals surface area contributed by atoms with Crippen LogP contribution in [0.5, 0.6) is 11.6 Å². The summed E-state index contributed by atoms with van der Waals surface area (Å²) in [7, 11) is -4.55. The van der Waals surface area contributed by atoms with E-state index in [1.54, 1.807) is 39.0 Å². The number of aliphatic hydroxyl groups excluding tert-OH is 1. The van der Waals surface area contributed by atoms with Gasteiger partial charge in [0, 0.05) is 0 Å². The van der Waals surface area contributed by atoms with Crippen molar-refractivity contribution in [2.45, 2.75) is 65.0 Å². The van der Waals surface area contributed by atoms with Gasteiger partial charge < -0.3 is 29.6 Å². The van der Waals surface area contributed by atoms with Crippen molar-refractivity contribution in [3.8, 4) is 11.6 Å². The van der Waals surface area contributed by atoms with Crippen LogP contribution >= 0.6 is 7.75 Å². The number of esters is 1. The first-order valence-electron chi connectivity index (χ1n) is 13.0. The second kappa shape index (κ2) is 14.2. The number of carbonyl (C=O) groups excluding carboxylic acids is 1. The Morgan fingerprint density at radius 3 is 2.50 bits per heavy atom. The third-order valence-corrected chi connectivity index (χ3v) is 7.17. The van der Waals surface area contributed by atoms with Crippen LogP contribution in [-0.4, -0.2) is 74.6 Å². The first kappa shape index (κ1) is 33.1. The summed E-state index contributed by atoms with van der Waals surface area (Å²) in [5.41, 5.74) is 5.83. The van der Waals surface area contributed by atoms with Crippen LogP contribution < -0.4 is 20.1 Å². The molecule has 0 spiro atoms. The van der Waals surface area contributed by atoms with Gasteiger partial charge in [0.15, 0.2) is 17.4 Å². The number of nitrogens with two attached hydrogens (primary N) is 1. The van der Waals surface area contributed by atoms with Crippen LogP contribution in [0.3, 0.4) is 0 Å². The van der Waals surface area contributed by atoms with Gasteiger partial charge in [-0.15, -0.1) is 0 Å². The van der Waals surface area contributed by atoms with Crippen molar-refractivity contribution >= 4 is 30.8 Å². The molecule has 1 aromatic carbocycles. The quantitative estimate of drug-likeness (QED) is 0.157.